The summed E-state index contributed by atoms with van der Waals surface area (Å²) in [5.41, 5.74) is 0.190. The molecule has 0 spiro atoms. The van der Waals surface area contributed by atoms with E-state index in [1.165, 1.54) is 0 Å². The molecule has 0 atom stereocenters. The number of pyridine rings is 1. The van der Waals surface area contributed by atoms with Crippen LogP contribution in [0.5, 0.6) is 0 Å². The summed E-state index contributed by atoms with van der Waals surface area (Å²) in [6.45, 7) is 9.86. The summed E-state index contributed by atoms with van der Waals surface area (Å²) in [7, 11) is 0. The lowest BCUT2D eigenvalue weighted by atomic mass is 10.1. The second-order valence-corrected chi connectivity index (χ2v) is 6.04. The third kappa shape index (κ3) is 3.70. The zero-order valence-corrected chi connectivity index (χ0v) is 12.6. The van der Waals surface area contributed by atoms with Gasteiger partial charge in [-0.05, 0) is 39.8 Å². The summed E-state index contributed by atoms with van der Waals surface area (Å²) < 4.78 is 5.63. The molecule has 1 aliphatic rings. The van der Waals surface area contributed by atoms with Gasteiger partial charge in [-0.3, -0.25) is 4.79 Å². The number of morpholine rings is 1. The quantitative estimate of drug-likeness (QED) is 0.920. The zero-order valence-electron chi connectivity index (χ0n) is 12.6. The topological polar surface area (TPSA) is 54.5 Å². The van der Waals surface area contributed by atoms with Crippen molar-refractivity contribution in [2.75, 3.05) is 25.0 Å². The minimum Gasteiger partial charge on any atom is -0.372 e. The first-order valence-corrected chi connectivity index (χ1v) is 7.04. The summed E-state index contributed by atoms with van der Waals surface area (Å²) in [4.78, 5) is 18.7. The van der Waals surface area contributed by atoms with E-state index >= 15 is 0 Å². The Morgan fingerprint density at radius 1 is 1.45 bits per heavy atom. The normalized spacial score (nSPS) is 18.1. The molecule has 1 N–H and O–H groups in total. The minimum atomic E-state index is -0.290. The van der Waals surface area contributed by atoms with E-state index in [0.29, 0.717) is 25.4 Å². The maximum Gasteiger partial charge on any atom is 0.272 e. The minimum absolute atomic E-state index is 0.0335. The second-order valence-electron chi connectivity index (χ2n) is 6.04. The van der Waals surface area contributed by atoms with Gasteiger partial charge in [0.15, 0.2) is 0 Å². The molecule has 0 bridgehead atoms. The molecule has 5 nitrogen and oxygen atoms in total. The lowest BCUT2D eigenvalue weighted by Crippen LogP contribution is -2.50. The van der Waals surface area contributed by atoms with Gasteiger partial charge in [-0.2, -0.15) is 0 Å². The lowest BCUT2D eigenvalue weighted by molar-refractivity contribution is -0.0765. The van der Waals surface area contributed by atoms with Crippen LogP contribution >= 0.6 is 0 Å². The number of ether oxygens (including phenoxy) is 1. The molecule has 2 rings (SSSR count). The maximum absolute atomic E-state index is 12.5. The molecule has 0 unspecified atom stereocenters. The van der Waals surface area contributed by atoms with Gasteiger partial charge in [-0.25, -0.2) is 4.98 Å². The van der Waals surface area contributed by atoms with E-state index in [2.05, 4.69) is 10.3 Å². The van der Waals surface area contributed by atoms with Crippen molar-refractivity contribution in [3.63, 3.8) is 0 Å². The van der Waals surface area contributed by atoms with Crippen LogP contribution in [0, 0.1) is 0 Å². The molecule has 0 aromatic carbocycles. The number of carbonyl (C=O) groups excluding carboxylic acids is 1. The Balaban J connectivity index is 2.12. The summed E-state index contributed by atoms with van der Waals surface area (Å²) in [5.74, 6) is 0.701. The van der Waals surface area contributed by atoms with E-state index in [9.17, 15) is 4.79 Å². The molecule has 1 aromatic heterocycles. The number of nitrogens with one attached hydrogen (secondary N) is 1. The molecule has 1 aliphatic heterocycles. The number of amides is 1. The third-order valence-electron chi connectivity index (χ3n) is 3.12. The predicted molar refractivity (Wildman–Crippen MR) is 78.9 cm³/mol. The van der Waals surface area contributed by atoms with Gasteiger partial charge in [0.2, 0.25) is 0 Å². The van der Waals surface area contributed by atoms with E-state index in [-0.39, 0.29) is 17.6 Å². The van der Waals surface area contributed by atoms with Gasteiger partial charge in [0, 0.05) is 19.1 Å². The summed E-state index contributed by atoms with van der Waals surface area (Å²) in [5, 5.41) is 3.21. The smallest absolute Gasteiger partial charge is 0.272 e. The van der Waals surface area contributed by atoms with Crippen LogP contribution in [0.25, 0.3) is 0 Å². The highest BCUT2D eigenvalue weighted by molar-refractivity contribution is 5.92. The van der Waals surface area contributed by atoms with Crippen LogP contribution in [-0.4, -0.2) is 47.1 Å². The molecule has 110 valence electrons. The fourth-order valence-corrected chi connectivity index (χ4v) is 2.28. The van der Waals surface area contributed by atoms with Crippen LogP contribution in [0.3, 0.4) is 0 Å². The zero-order chi connectivity index (χ0) is 14.8. The number of anilines is 1. The first-order valence-electron chi connectivity index (χ1n) is 7.04. The molecule has 0 aliphatic carbocycles. The Kier molecular flexibility index (Phi) is 4.28. The molecular weight excluding hydrogens is 254 g/mol. The number of hydrogen-bond acceptors (Lipinski definition) is 4. The largest absolute Gasteiger partial charge is 0.372 e. The molecule has 1 amide bonds. The number of hydrogen-bond donors (Lipinski definition) is 1. The van der Waals surface area contributed by atoms with Crippen LogP contribution in [0.4, 0.5) is 5.82 Å². The van der Waals surface area contributed by atoms with Gasteiger partial charge in [0.05, 0.1) is 12.2 Å². The van der Waals surface area contributed by atoms with Gasteiger partial charge in [-0.15, -0.1) is 0 Å². The van der Waals surface area contributed by atoms with Crippen LogP contribution in [0.2, 0.25) is 0 Å². The maximum atomic E-state index is 12.5. The molecule has 0 radical (unpaired) electrons. The van der Waals surface area contributed by atoms with Crippen molar-refractivity contribution in [3.8, 4) is 0 Å². The van der Waals surface area contributed by atoms with Gasteiger partial charge in [0.1, 0.15) is 11.5 Å². The summed E-state index contributed by atoms with van der Waals surface area (Å²) in [6, 6.07) is 5.78. The van der Waals surface area contributed by atoms with E-state index in [1.54, 1.807) is 6.07 Å². The van der Waals surface area contributed by atoms with Crippen LogP contribution in [0.1, 0.15) is 38.2 Å². The summed E-state index contributed by atoms with van der Waals surface area (Å²) in [6.07, 6.45) is 0. The third-order valence-corrected chi connectivity index (χ3v) is 3.12. The Morgan fingerprint density at radius 2 is 2.20 bits per heavy atom. The van der Waals surface area contributed by atoms with Gasteiger partial charge in [-0.1, -0.05) is 6.07 Å². The predicted octanol–water partition coefficient (Wildman–Crippen LogP) is 2.15. The van der Waals surface area contributed by atoms with E-state index < -0.39 is 0 Å². The molecule has 2 heterocycles. The summed E-state index contributed by atoms with van der Waals surface area (Å²) >= 11 is 0. The van der Waals surface area contributed by atoms with Gasteiger partial charge >= 0.3 is 0 Å². The first-order chi connectivity index (χ1) is 9.37. The monoisotopic (exact) mass is 277 g/mol. The fourth-order valence-electron chi connectivity index (χ4n) is 2.28. The van der Waals surface area contributed by atoms with Crippen molar-refractivity contribution < 1.29 is 9.53 Å². The molecular formula is C15H23N3O2. The molecule has 20 heavy (non-hydrogen) atoms. The Labute approximate surface area is 120 Å². The molecule has 1 saturated heterocycles. The highest BCUT2D eigenvalue weighted by atomic mass is 16.5. The van der Waals surface area contributed by atoms with Crippen LogP contribution in [0.15, 0.2) is 18.2 Å². The van der Waals surface area contributed by atoms with Crippen molar-refractivity contribution in [3.05, 3.63) is 23.9 Å². The van der Waals surface area contributed by atoms with E-state index in [0.717, 1.165) is 5.82 Å². The van der Waals surface area contributed by atoms with Crippen molar-refractivity contribution >= 4 is 11.7 Å². The molecule has 1 aromatic rings. The highest BCUT2D eigenvalue weighted by Crippen LogP contribution is 2.18. The molecule has 5 heteroatoms. The Bertz CT molecular complexity index is 486. The number of carbonyl (C=O) groups is 1. The number of aromatic nitrogens is 1. The van der Waals surface area contributed by atoms with E-state index in [1.807, 2.05) is 44.7 Å². The van der Waals surface area contributed by atoms with Crippen molar-refractivity contribution in [2.24, 2.45) is 0 Å². The lowest BCUT2D eigenvalue weighted by Gasteiger charge is -2.38. The Hall–Kier alpha value is -1.62. The van der Waals surface area contributed by atoms with Gasteiger partial charge < -0.3 is 15.0 Å². The van der Waals surface area contributed by atoms with Crippen molar-refractivity contribution in [2.45, 2.75) is 39.3 Å². The average Bonchev–Trinajstić information content (AvgIpc) is 2.36. The van der Waals surface area contributed by atoms with E-state index in [4.69, 9.17) is 4.74 Å². The van der Waals surface area contributed by atoms with Crippen molar-refractivity contribution in [1.82, 2.24) is 9.88 Å². The van der Waals surface area contributed by atoms with Crippen LogP contribution < -0.4 is 5.32 Å². The SMILES string of the molecule is CC(C)Nc1cccc(C(=O)N2CCOC(C)(C)C2)n1. The standard InChI is InChI=1S/C15H23N3O2/c1-11(2)16-13-7-5-6-12(17-13)14(19)18-8-9-20-15(3,4)10-18/h5-7,11H,8-10H2,1-4H3,(H,16,17). The molecule has 1 fully saturated rings. The van der Waals surface area contributed by atoms with Crippen molar-refractivity contribution in [1.29, 1.82) is 0 Å². The fraction of sp³-hybridized carbons (Fsp3) is 0.600. The second kappa shape index (κ2) is 5.79. The van der Waals surface area contributed by atoms with Crippen LogP contribution in [-0.2, 0) is 4.74 Å². The number of nitrogens with zero attached hydrogens (tertiary/aromatic N) is 2. The molecule has 0 saturated carbocycles. The highest BCUT2D eigenvalue weighted by Gasteiger charge is 2.30. The first kappa shape index (κ1) is 14.8. The Morgan fingerprint density at radius 3 is 2.85 bits per heavy atom. The number of rotatable bonds is 3. The van der Waals surface area contributed by atoms with Gasteiger partial charge in [0.25, 0.3) is 5.91 Å². The average molecular weight is 277 g/mol.